The fourth-order valence-electron chi connectivity index (χ4n) is 1.97. The summed E-state index contributed by atoms with van der Waals surface area (Å²) in [5, 5.41) is 4.14. The molecule has 0 aliphatic heterocycles. The second-order valence-corrected chi connectivity index (χ2v) is 4.30. The summed E-state index contributed by atoms with van der Waals surface area (Å²) in [6, 6.07) is 5.85. The van der Waals surface area contributed by atoms with Crippen LogP contribution in [0.25, 0.3) is 11.0 Å². The first-order chi connectivity index (χ1) is 9.76. The van der Waals surface area contributed by atoms with E-state index in [0.717, 1.165) is 16.6 Å². The Morgan fingerprint density at radius 2 is 2.05 bits per heavy atom. The highest BCUT2D eigenvalue weighted by Gasteiger charge is 2.08. The molecule has 0 saturated heterocycles. The van der Waals surface area contributed by atoms with Crippen molar-refractivity contribution in [3.8, 4) is 0 Å². The summed E-state index contributed by atoms with van der Waals surface area (Å²) in [6.07, 6.45) is 6.48. The Bertz CT molecular complexity index is 766. The number of hydrogen-bond donors (Lipinski definition) is 0. The predicted molar refractivity (Wildman–Crippen MR) is 72.2 cm³/mol. The van der Waals surface area contributed by atoms with Gasteiger partial charge < -0.3 is 4.74 Å². The van der Waals surface area contributed by atoms with Gasteiger partial charge in [0.05, 0.1) is 36.4 Å². The zero-order chi connectivity index (χ0) is 13.9. The first-order valence-corrected chi connectivity index (χ1v) is 6.07. The number of hydrogen-bond acceptors (Lipinski definition) is 5. The van der Waals surface area contributed by atoms with Gasteiger partial charge in [0.2, 0.25) is 0 Å². The summed E-state index contributed by atoms with van der Waals surface area (Å²) in [7, 11) is 1.35. The highest BCUT2D eigenvalue weighted by molar-refractivity contribution is 5.88. The lowest BCUT2D eigenvalue weighted by atomic mass is 10.2. The van der Waals surface area contributed by atoms with Crippen LogP contribution < -0.4 is 0 Å². The molecule has 0 N–H and O–H groups in total. The summed E-state index contributed by atoms with van der Waals surface area (Å²) in [5.41, 5.74) is 3.17. The summed E-state index contributed by atoms with van der Waals surface area (Å²) >= 11 is 0. The molecule has 0 fully saturated rings. The zero-order valence-electron chi connectivity index (χ0n) is 10.9. The smallest absolute Gasteiger partial charge is 0.341 e. The highest BCUT2D eigenvalue weighted by atomic mass is 16.5. The third kappa shape index (κ3) is 2.35. The van der Waals surface area contributed by atoms with E-state index in [1.807, 2.05) is 18.2 Å². The van der Waals surface area contributed by atoms with Gasteiger partial charge in [-0.2, -0.15) is 5.10 Å². The number of benzene rings is 1. The van der Waals surface area contributed by atoms with E-state index in [4.69, 9.17) is 0 Å². The topological polar surface area (TPSA) is 69.9 Å². The Hall–Kier alpha value is -2.76. The van der Waals surface area contributed by atoms with Crippen LogP contribution in [-0.2, 0) is 11.3 Å². The van der Waals surface area contributed by atoms with E-state index >= 15 is 0 Å². The van der Waals surface area contributed by atoms with Gasteiger partial charge in [-0.3, -0.25) is 14.6 Å². The molecule has 0 atom stereocenters. The largest absolute Gasteiger partial charge is 0.465 e. The van der Waals surface area contributed by atoms with E-state index in [-0.39, 0.29) is 5.97 Å². The van der Waals surface area contributed by atoms with Crippen LogP contribution in [-0.4, -0.2) is 32.8 Å². The van der Waals surface area contributed by atoms with Crippen LogP contribution in [0, 0.1) is 0 Å². The minimum absolute atomic E-state index is 0.388. The van der Waals surface area contributed by atoms with E-state index in [2.05, 4.69) is 19.8 Å². The Labute approximate surface area is 115 Å². The van der Waals surface area contributed by atoms with Gasteiger partial charge >= 0.3 is 5.97 Å². The molecule has 0 unspecified atom stereocenters. The van der Waals surface area contributed by atoms with Crippen molar-refractivity contribution in [2.45, 2.75) is 6.54 Å². The number of ether oxygens (including phenoxy) is 1. The molecule has 0 bridgehead atoms. The summed E-state index contributed by atoms with van der Waals surface area (Å²) in [6.45, 7) is 0.559. The van der Waals surface area contributed by atoms with Crippen LogP contribution in [0.3, 0.4) is 0 Å². The third-order valence-corrected chi connectivity index (χ3v) is 2.93. The molecule has 100 valence electrons. The molecule has 3 rings (SSSR count). The van der Waals surface area contributed by atoms with Crippen LogP contribution in [0.1, 0.15) is 15.9 Å². The number of carbonyl (C=O) groups is 1. The van der Waals surface area contributed by atoms with E-state index in [1.54, 1.807) is 23.3 Å². The van der Waals surface area contributed by atoms with Crippen molar-refractivity contribution in [1.29, 1.82) is 0 Å². The van der Waals surface area contributed by atoms with Crippen molar-refractivity contribution < 1.29 is 9.53 Å². The van der Waals surface area contributed by atoms with Gasteiger partial charge in [-0.15, -0.1) is 0 Å². The number of methoxy groups -OCH3 is 1. The molecule has 0 amide bonds. The molecule has 0 aliphatic carbocycles. The van der Waals surface area contributed by atoms with Crippen molar-refractivity contribution in [1.82, 2.24) is 19.7 Å². The van der Waals surface area contributed by atoms with E-state index in [9.17, 15) is 4.79 Å². The molecule has 0 saturated carbocycles. The molecule has 0 radical (unpaired) electrons. The van der Waals surface area contributed by atoms with Gasteiger partial charge in [-0.05, 0) is 17.7 Å². The predicted octanol–water partition coefficient (Wildman–Crippen LogP) is 1.66. The standard InChI is InChI=1S/C14H12N4O2/c1-20-14(19)11-7-17-18(9-11)8-10-2-3-12-13(6-10)16-5-4-15-12/h2-7,9H,8H2,1H3. The van der Waals surface area contributed by atoms with Gasteiger partial charge in [0.15, 0.2) is 0 Å². The molecule has 3 aromatic rings. The maximum atomic E-state index is 11.4. The second kappa shape index (κ2) is 5.08. The SMILES string of the molecule is COC(=O)c1cnn(Cc2ccc3nccnc3c2)c1. The molecule has 6 nitrogen and oxygen atoms in total. The molecule has 0 spiro atoms. The summed E-state index contributed by atoms with van der Waals surface area (Å²) in [4.78, 5) is 19.8. The highest BCUT2D eigenvalue weighted by Crippen LogP contribution is 2.12. The van der Waals surface area contributed by atoms with Crippen LogP contribution in [0.2, 0.25) is 0 Å². The number of nitrogens with zero attached hydrogens (tertiary/aromatic N) is 4. The first kappa shape index (κ1) is 12.3. The minimum atomic E-state index is -0.388. The molecule has 0 aliphatic rings. The van der Waals surface area contributed by atoms with Gasteiger partial charge in [-0.1, -0.05) is 6.07 Å². The maximum absolute atomic E-state index is 11.4. The number of aromatic nitrogens is 4. The van der Waals surface area contributed by atoms with Crippen LogP contribution in [0.5, 0.6) is 0 Å². The quantitative estimate of drug-likeness (QED) is 0.676. The average molecular weight is 268 g/mol. The Kier molecular flexibility index (Phi) is 3.12. The minimum Gasteiger partial charge on any atom is -0.465 e. The fraction of sp³-hybridized carbons (Fsp3) is 0.143. The van der Waals surface area contributed by atoms with Gasteiger partial charge in [0.25, 0.3) is 0 Å². The fourth-order valence-corrected chi connectivity index (χ4v) is 1.97. The molecule has 2 aromatic heterocycles. The third-order valence-electron chi connectivity index (χ3n) is 2.93. The first-order valence-electron chi connectivity index (χ1n) is 6.07. The van der Waals surface area contributed by atoms with E-state index in [0.29, 0.717) is 12.1 Å². The normalized spacial score (nSPS) is 10.7. The lowest BCUT2D eigenvalue weighted by Gasteiger charge is -2.03. The van der Waals surface area contributed by atoms with Crippen LogP contribution in [0.4, 0.5) is 0 Å². The lowest BCUT2D eigenvalue weighted by Crippen LogP contribution is -2.02. The zero-order valence-corrected chi connectivity index (χ0v) is 10.9. The van der Waals surface area contributed by atoms with Crippen molar-refractivity contribution >= 4 is 17.0 Å². The molecule has 2 heterocycles. The summed E-state index contributed by atoms with van der Waals surface area (Å²) in [5.74, 6) is -0.388. The number of rotatable bonds is 3. The summed E-state index contributed by atoms with van der Waals surface area (Å²) < 4.78 is 6.33. The van der Waals surface area contributed by atoms with E-state index < -0.39 is 0 Å². The number of fused-ring (bicyclic) bond motifs is 1. The van der Waals surface area contributed by atoms with Crippen molar-refractivity contribution in [3.05, 3.63) is 54.1 Å². The molecule has 1 aromatic carbocycles. The number of carbonyl (C=O) groups excluding carboxylic acids is 1. The molecule has 20 heavy (non-hydrogen) atoms. The number of esters is 1. The average Bonchev–Trinajstić information content (AvgIpc) is 2.95. The molecule has 6 heteroatoms. The van der Waals surface area contributed by atoms with E-state index in [1.165, 1.54) is 13.3 Å². The van der Waals surface area contributed by atoms with Crippen molar-refractivity contribution in [2.75, 3.05) is 7.11 Å². The second-order valence-electron chi connectivity index (χ2n) is 4.30. The Morgan fingerprint density at radius 3 is 2.85 bits per heavy atom. The van der Waals surface area contributed by atoms with Crippen LogP contribution >= 0.6 is 0 Å². The van der Waals surface area contributed by atoms with Crippen LogP contribution in [0.15, 0.2) is 43.0 Å². The maximum Gasteiger partial charge on any atom is 0.341 e. The van der Waals surface area contributed by atoms with Gasteiger partial charge in [0.1, 0.15) is 0 Å². The van der Waals surface area contributed by atoms with Gasteiger partial charge in [0, 0.05) is 18.6 Å². The lowest BCUT2D eigenvalue weighted by molar-refractivity contribution is 0.0600. The molecular formula is C14H12N4O2. The monoisotopic (exact) mass is 268 g/mol. The van der Waals surface area contributed by atoms with Crippen molar-refractivity contribution in [2.24, 2.45) is 0 Å². The van der Waals surface area contributed by atoms with Crippen molar-refractivity contribution in [3.63, 3.8) is 0 Å². The Balaban J connectivity index is 1.85. The molecular weight excluding hydrogens is 256 g/mol. The Morgan fingerprint density at radius 1 is 1.25 bits per heavy atom. The van der Waals surface area contributed by atoms with Gasteiger partial charge in [-0.25, -0.2) is 4.79 Å².